The zero-order valence-corrected chi connectivity index (χ0v) is 11.1. The number of ether oxygens (including phenoxy) is 1. The van der Waals surface area contributed by atoms with Gasteiger partial charge in [-0.2, -0.15) is 0 Å². The first kappa shape index (κ1) is 11.5. The number of nitrogens with one attached hydrogen (secondary N) is 1. The third-order valence-corrected chi connectivity index (χ3v) is 3.66. The zero-order valence-electron chi connectivity index (χ0n) is 10.3. The third-order valence-electron chi connectivity index (χ3n) is 3.36. The fraction of sp³-hybridized carbons (Fsp3) is 0.385. The molecule has 4 nitrogen and oxygen atoms in total. The molecule has 2 aromatic rings. The van der Waals surface area contributed by atoms with Crippen LogP contribution in [0, 0.1) is 11.7 Å². The smallest absolute Gasteiger partial charge is 0.262 e. The summed E-state index contributed by atoms with van der Waals surface area (Å²) in [4.78, 5) is 15.6. The fourth-order valence-corrected chi connectivity index (χ4v) is 2.59. The normalized spacial score (nSPS) is 15.0. The highest BCUT2D eigenvalue weighted by atomic mass is 32.1. The summed E-state index contributed by atoms with van der Waals surface area (Å²) >= 11 is 5.28. The van der Waals surface area contributed by atoms with Crippen LogP contribution >= 0.6 is 12.2 Å². The van der Waals surface area contributed by atoms with E-state index in [1.807, 2.05) is 13.0 Å². The molecule has 1 aliphatic rings. The number of hydrogen-bond acceptors (Lipinski definition) is 3. The van der Waals surface area contributed by atoms with Crippen LogP contribution in [0.3, 0.4) is 0 Å². The number of hydrogen-bond donors (Lipinski definition) is 1. The lowest BCUT2D eigenvalue weighted by atomic mass is 10.1. The molecule has 0 aliphatic heterocycles. The highest BCUT2D eigenvalue weighted by Crippen LogP contribution is 2.34. The molecule has 0 bridgehead atoms. The van der Waals surface area contributed by atoms with Crippen molar-refractivity contribution >= 4 is 23.1 Å². The van der Waals surface area contributed by atoms with Crippen molar-refractivity contribution in [2.45, 2.75) is 25.8 Å². The van der Waals surface area contributed by atoms with Crippen molar-refractivity contribution in [1.82, 2.24) is 9.55 Å². The monoisotopic (exact) mass is 262 g/mol. The molecule has 1 fully saturated rings. The van der Waals surface area contributed by atoms with Crippen LogP contribution in [0.15, 0.2) is 16.9 Å². The maximum atomic E-state index is 12.5. The van der Waals surface area contributed by atoms with E-state index in [0.717, 1.165) is 23.9 Å². The van der Waals surface area contributed by atoms with Crippen LogP contribution in [0.1, 0.15) is 24.4 Å². The first-order valence-electron chi connectivity index (χ1n) is 5.95. The second-order valence-electron chi connectivity index (χ2n) is 4.70. The van der Waals surface area contributed by atoms with Gasteiger partial charge in [-0.05, 0) is 49.7 Å². The Labute approximate surface area is 109 Å². The lowest BCUT2D eigenvalue weighted by Gasteiger charge is -2.10. The molecule has 0 atom stereocenters. The molecule has 1 aromatic carbocycles. The number of aromatic nitrogens is 2. The predicted molar refractivity (Wildman–Crippen MR) is 73.0 cm³/mol. The van der Waals surface area contributed by atoms with Gasteiger partial charge in [-0.15, -0.1) is 0 Å². The quantitative estimate of drug-likeness (QED) is 0.846. The van der Waals surface area contributed by atoms with E-state index in [0.29, 0.717) is 15.9 Å². The minimum absolute atomic E-state index is 0.0155. The second-order valence-corrected chi connectivity index (χ2v) is 5.09. The minimum atomic E-state index is -0.0155. The Morgan fingerprint density at radius 1 is 1.44 bits per heavy atom. The van der Waals surface area contributed by atoms with E-state index in [4.69, 9.17) is 17.0 Å². The maximum absolute atomic E-state index is 12.5. The van der Waals surface area contributed by atoms with Crippen molar-refractivity contribution in [3.63, 3.8) is 0 Å². The molecule has 18 heavy (non-hydrogen) atoms. The van der Waals surface area contributed by atoms with Gasteiger partial charge < -0.3 is 9.72 Å². The molecule has 1 N–H and O–H groups in total. The topological polar surface area (TPSA) is 47.0 Å². The van der Waals surface area contributed by atoms with Crippen LogP contribution in [0.4, 0.5) is 0 Å². The van der Waals surface area contributed by atoms with Gasteiger partial charge in [0.2, 0.25) is 0 Å². The summed E-state index contributed by atoms with van der Waals surface area (Å²) in [5, 5.41) is 0.646. The summed E-state index contributed by atoms with van der Waals surface area (Å²) in [6, 6.07) is 3.95. The van der Waals surface area contributed by atoms with Crippen molar-refractivity contribution in [3.8, 4) is 5.75 Å². The van der Waals surface area contributed by atoms with Crippen LogP contribution in [0.5, 0.6) is 5.75 Å². The van der Waals surface area contributed by atoms with E-state index in [1.54, 1.807) is 17.7 Å². The Balaban J connectivity index is 2.43. The standard InChI is InChI=1S/C13H14N2O2S/c1-7-5-9(17-2)6-10-11(7)14-13(18)15(12(10)16)8-3-4-8/h5-6,8H,3-4H2,1-2H3,(H,14,18). The third kappa shape index (κ3) is 1.66. The largest absolute Gasteiger partial charge is 0.497 e. The molecule has 0 spiro atoms. The molecular formula is C13H14N2O2S. The number of H-pyrrole nitrogens is 1. The van der Waals surface area contributed by atoms with Gasteiger partial charge in [0, 0.05) is 6.04 Å². The lowest BCUT2D eigenvalue weighted by Crippen LogP contribution is -2.21. The van der Waals surface area contributed by atoms with Gasteiger partial charge >= 0.3 is 0 Å². The molecule has 5 heteroatoms. The van der Waals surface area contributed by atoms with Crippen LogP contribution in [0.25, 0.3) is 10.9 Å². The number of fused-ring (bicyclic) bond motifs is 1. The zero-order chi connectivity index (χ0) is 12.9. The van der Waals surface area contributed by atoms with Gasteiger partial charge in [-0.1, -0.05) is 0 Å². The number of benzene rings is 1. The molecule has 0 unspecified atom stereocenters. The summed E-state index contributed by atoms with van der Waals surface area (Å²) in [6.07, 6.45) is 2.07. The Morgan fingerprint density at radius 3 is 2.78 bits per heavy atom. The molecule has 1 heterocycles. The van der Waals surface area contributed by atoms with E-state index in [-0.39, 0.29) is 11.6 Å². The van der Waals surface area contributed by atoms with Gasteiger partial charge in [0.15, 0.2) is 4.77 Å². The summed E-state index contributed by atoms with van der Waals surface area (Å²) in [5.74, 6) is 0.699. The highest BCUT2D eigenvalue weighted by molar-refractivity contribution is 7.71. The second kappa shape index (κ2) is 3.95. The van der Waals surface area contributed by atoms with E-state index in [1.165, 1.54) is 0 Å². The van der Waals surface area contributed by atoms with Crippen LogP contribution in [0.2, 0.25) is 0 Å². The number of aryl methyl sites for hydroxylation is 1. The first-order valence-corrected chi connectivity index (χ1v) is 6.36. The van der Waals surface area contributed by atoms with E-state index in [2.05, 4.69) is 4.98 Å². The molecule has 1 saturated carbocycles. The van der Waals surface area contributed by atoms with Crippen LogP contribution in [-0.2, 0) is 0 Å². The van der Waals surface area contributed by atoms with Crippen LogP contribution < -0.4 is 10.3 Å². The van der Waals surface area contributed by atoms with Gasteiger partial charge in [-0.25, -0.2) is 0 Å². The SMILES string of the molecule is COc1cc(C)c2[nH]c(=S)n(C3CC3)c(=O)c2c1. The average molecular weight is 262 g/mol. The van der Waals surface area contributed by atoms with E-state index in [9.17, 15) is 4.79 Å². The van der Waals surface area contributed by atoms with Crippen molar-refractivity contribution in [3.05, 3.63) is 32.8 Å². The van der Waals surface area contributed by atoms with Gasteiger partial charge in [0.25, 0.3) is 5.56 Å². The summed E-state index contributed by atoms with van der Waals surface area (Å²) in [6.45, 7) is 1.94. The number of methoxy groups -OCH3 is 1. The predicted octanol–water partition coefficient (Wildman–Crippen LogP) is 2.71. The van der Waals surface area contributed by atoms with Crippen molar-refractivity contribution in [2.24, 2.45) is 0 Å². The van der Waals surface area contributed by atoms with Crippen molar-refractivity contribution < 1.29 is 4.74 Å². The minimum Gasteiger partial charge on any atom is -0.497 e. The molecule has 0 radical (unpaired) electrons. The molecule has 1 aromatic heterocycles. The summed E-state index contributed by atoms with van der Waals surface area (Å²) in [5.41, 5.74) is 1.76. The molecular weight excluding hydrogens is 248 g/mol. The van der Waals surface area contributed by atoms with Crippen molar-refractivity contribution in [2.75, 3.05) is 7.11 Å². The molecule has 94 valence electrons. The number of nitrogens with zero attached hydrogens (tertiary/aromatic N) is 1. The lowest BCUT2D eigenvalue weighted by molar-refractivity contribution is 0.415. The maximum Gasteiger partial charge on any atom is 0.262 e. The molecule has 1 aliphatic carbocycles. The Kier molecular flexibility index (Phi) is 2.52. The fourth-order valence-electron chi connectivity index (χ4n) is 2.26. The Morgan fingerprint density at radius 2 is 2.17 bits per heavy atom. The van der Waals surface area contributed by atoms with Gasteiger partial charge in [0.1, 0.15) is 5.75 Å². The van der Waals surface area contributed by atoms with E-state index >= 15 is 0 Å². The Hall–Kier alpha value is -1.62. The highest BCUT2D eigenvalue weighted by Gasteiger charge is 2.26. The summed E-state index contributed by atoms with van der Waals surface area (Å²) in [7, 11) is 1.60. The van der Waals surface area contributed by atoms with Crippen LogP contribution in [-0.4, -0.2) is 16.7 Å². The number of rotatable bonds is 2. The van der Waals surface area contributed by atoms with Gasteiger partial charge in [-0.3, -0.25) is 9.36 Å². The molecule has 0 saturated heterocycles. The van der Waals surface area contributed by atoms with E-state index < -0.39 is 0 Å². The molecule has 0 amide bonds. The first-order chi connectivity index (χ1) is 8.61. The van der Waals surface area contributed by atoms with Crippen molar-refractivity contribution in [1.29, 1.82) is 0 Å². The Bertz CT molecular complexity index is 741. The van der Waals surface area contributed by atoms with Gasteiger partial charge in [0.05, 0.1) is 18.0 Å². The summed E-state index contributed by atoms with van der Waals surface area (Å²) < 4.78 is 7.42. The average Bonchev–Trinajstić information content (AvgIpc) is 3.15. The molecule has 3 rings (SSSR count). The number of aromatic amines is 1.